The number of halogens is 1. The maximum Gasteiger partial charge on any atom is 0.358 e. The number of benzene rings is 2. The Morgan fingerprint density at radius 2 is 1.82 bits per heavy atom. The topological polar surface area (TPSA) is 84.2 Å². The van der Waals surface area contributed by atoms with Crippen molar-refractivity contribution in [1.29, 1.82) is 0 Å². The number of aromatic carboxylic acids is 1. The molecule has 3 rings (SSSR count). The standard InChI is InChI=1S/C20H18BrN3O3S/c21-15-6-8-16(9-7-15)28-13-18(25)22-17-12-24(23-19(17)20(26)27)11-10-14-4-2-1-3-5-14/h1-9,12H,10-11,13H2,(H,22,25)(H,26,27). The van der Waals surface area contributed by atoms with E-state index in [4.69, 9.17) is 0 Å². The van der Waals surface area contributed by atoms with Crippen molar-refractivity contribution in [2.75, 3.05) is 11.1 Å². The molecule has 0 atom stereocenters. The van der Waals surface area contributed by atoms with Crippen molar-refractivity contribution in [1.82, 2.24) is 9.78 Å². The Morgan fingerprint density at radius 1 is 1.11 bits per heavy atom. The lowest BCUT2D eigenvalue weighted by molar-refractivity contribution is -0.113. The number of carbonyl (C=O) groups excluding carboxylic acids is 1. The van der Waals surface area contributed by atoms with Gasteiger partial charge in [0.25, 0.3) is 0 Å². The van der Waals surface area contributed by atoms with E-state index in [0.717, 1.165) is 14.9 Å². The summed E-state index contributed by atoms with van der Waals surface area (Å²) in [5.74, 6) is -1.28. The first kappa shape index (κ1) is 20.2. The van der Waals surface area contributed by atoms with E-state index in [2.05, 4.69) is 26.3 Å². The molecule has 0 saturated carbocycles. The summed E-state index contributed by atoms with van der Waals surface area (Å²) in [6.07, 6.45) is 2.28. The van der Waals surface area contributed by atoms with Crippen LogP contribution in [0.15, 0.2) is 70.2 Å². The summed E-state index contributed by atoms with van der Waals surface area (Å²) in [5, 5.41) is 16.1. The maximum absolute atomic E-state index is 12.2. The number of carboxylic acids is 1. The number of aryl methyl sites for hydroxylation is 2. The number of rotatable bonds is 8. The molecule has 144 valence electrons. The third kappa shape index (κ3) is 5.71. The van der Waals surface area contributed by atoms with Gasteiger partial charge in [0, 0.05) is 22.1 Å². The van der Waals surface area contributed by atoms with Gasteiger partial charge in [-0.2, -0.15) is 5.10 Å². The van der Waals surface area contributed by atoms with E-state index in [-0.39, 0.29) is 23.0 Å². The van der Waals surface area contributed by atoms with Gasteiger partial charge in [-0.15, -0.1) is 11.8 Å². The molecule has 0 aliphatic heterocycles. The smallest absolute Gasteiger partial charge is 0.358 e. The lowest BCUT2D eigenvalue weighted by Gasteiger charge is -2.04. The summed E-state index contributed by atoms with van der Waals surface area (Å²) in [7, 11) is 0. The molecule has 0 radical (unpaired) electrons. The Bertz CT molecular complexity index is 959. The number of hydrogen-bond donors (Lipinski definition) is 2. The van der Waals surface area contributed by atoms with Crippen LogP contribution in [0.1, 0.15) is 16.1 Å². The van der Waals surface area contributed by atoms with Crippen LogP contribution in [-0.4, -0.2) is 32.5 Å². The number of carboxylic acid groups (broad SMARTS) is 1. The fourth-order valence-corrected chi connectivity index (χ4v) is 3.50. The molecule has 1 aromatic heterocycles. The lowest BCUT2D eigenvalue weighted by Crippen LogP contribution is -2.15. The Hall–Kier alpha value is -2.58. The molecule has 0 aliphatic carbocycles. The van der Waals surface area contributed by atoms with Crippen molar-refractivity contribution in [2.45, 2.75) is 17.9 Å². The molecule has 1 heterocycles. The number of amides is 1. The highest BCUT2D eigenvalue weighted by molar-refractivity contribution is 9.10. The number of hydrogen-bond acceptors (Lipinski definition) is 4. The molecule has 0 unspecified atom stereocenters. The largest absolute Gasteiger partial charge is 0.476 e. The van der Waals surface area contributed by atoms with Gasteiger partial charge in [-0.3, -0.25) is 9.48 Å². The van der Waals surface area contributed by atoms with Crippen molar-refractivity contribution >= 4 is 45.3 Å². The van der Waals surface area contributed by atoms with Crippen LogP contribution in [0, 0.1) is 0 Å². The van der Waals surface area contributed by atoms with Gasteiger partial charge in [0.1, 0.15) is 0 Å². The highest BCUT2D eigenvalue weighted by atomic mass is 79.9. The Balaban J connectivity index is 1.61. The van der Waals surface area contributed by atoms with Crippen molar-refractivity contribution in [2.24, 2.45) is 0 Å². The third-order valence-electron chi connectivity index (χ3n) is 3.89. The zero-order chi connectivity index (χ0) is 19.9. The molecule has 8 heteroatoms. The molecule has 0 saturated heterocycles. The minimum atomic E-state index is -1.17. The van der Waals surface area contributed by atoms with Crippen LogP contribution in [0.4, 0.5) is 5.69 Å². The minimum Gasteiger partial charge on any atom is -0.476 e. The first-order chi connectivity index (χ1) is 13.5. The van der Waals surface area contributed by atoms with Gasteiger partial charge >= 0.3 is 5.97 Å². The third-order valence-corrected chi connectivity index (χ3v) is 5.44. The summed E-state index contributed by atoms with van der Waals surface area (Å²) in [6.45, 7) is 0.522. The predicted molar refractivity (Wildman–Crippen MR) is 113 cm³/mol. The fourth-order valence-electron chi connectivity index (χ4n) is 2.54. The Morgan fingerprint density at radius 3 is 2.50 bits per heavy atom. The molecule has 6 nitrogen and oxygen atoms in total. The SMILES string of the molecule is O=C(CSc1ccc(Br)cc1)Nc1cn(CCc2ccccc2)nc1C(=O)O. The summed E-state index contributed by atoms with van der Waals surface area (Å²) in [4.78, 5) is 24.7. The Kier molecular flexibility index (Phi) is 6.89. The van der Waals surface area contributed by atoms with Crippen LogP contribution in [0.25, 0.3) is 0 Å². The molecule has 0 bridgehead atoms. The molecule has 2 aromatic carbocycles. The molecule has 0 aliphatic rings. The zero-order valence-electron chi connectivity index (χ0n) is 14.8. The van der Waals surface area contributed by atoms with Crippen LogP contribution in [0.2, 0.25) is 0 Å². The van der Waals surface area contributed by atoms with E-state index < -0.39 is 5.97 Å². The van der Waals surface area contributed by atoms with Gasteiger partial charge in [-0.25, -0.2) is 4.79 Å². The van der Waals surface area contributed by atoms with E-state index in [0.29, 0.717) is 13.0 Å². The maximum atomic E-state index is 12.2. The van der Waals surface area contributed by atoms with Crippen LogP contribution in [0.3, 0.4) is 0 Å². The molecular formula is C20H18BrN3O3S. The lowest BCUT2D eigenvalue weighted by atomic mass is 10.1. The monoisotopic (exact) mass is 459 g/mol. The Labute approximate surface area is 175 Å². The highest BCUT2D eigenvalue weighted by Crippen LogP contribution is 2.21. The minimum absolute atomic E-state index is 0.157. The molecule has 1 amide bonds. The van der Waals surface area contributed by atoms with Crippen LogP contribution in [0.5, 0.6) is 0 Å². The predicted octanol–water partition coefficient (Wildman–Crippen LogP) is 4.32. The summed E-state index contributed by atoms with van der Waals surface area (Å²) >= 11 is 4.75. The van der Waals surface area contributed by atoms with Crippen molar-refractivity contribution < 1.29 is 14.7 Å². The van der Waals surface area contributed by atoms with Gasteiger partial charge in [0.2, 0.25) is 5.91 Å². The van der Waals surface area contributed by atoms with E-state index in [1.165, 1.54) is 11.8 Å². The average Bonchev–Trinajstić information content (AvgIpc) is 3.10. The van der Waals surface area contributed by atoms with E-state index in [1.54, 1.807) is 10.9 Å². The van der Waals surface area contributed by atoms with Gasteiger partial charge in [0.15, 0.2) is 5.69 Å². The number of nitrogens with one attached hydrogen (secondary N) is 1. The second-order valence-corrected chi connectivity index (χ2v) is 7.95. The zero-order valence-corrected chi connectivity index (χ0v) is 17.2. The summed E-state index contributed by atoms with van der Waals surface area (Å²) < 4.78 is 2.52. The molecule has 2 N–H and O–H groups in total. The molecular weight excluding hydrogens is 442 g/mol. The molecule has 0 spiro atoms. The van der Waals surface area contributed by atoms with Gasteiger partial charge in [-0.1, -0.05) is 46.3 Å². The highest BCUT2D eigenvalue weighted by Gasteiger charge is 2.18. The van der Waals surface area contributed by atoms with Crippen LogP contribution in [-0.2, 0) is 17.8 Å². The first-order valence-corrected chi connectivity index (χ1v) is 10.3. The fraction of sp³-hybridized carbons (Fsp3) is 0.150. The second-order valence-electron chi connectivity index (χ2n) is 5.99. The average molecular weight is 460 g/mol. The quantitative estimate of drug-likeness (QED) is 0.490. The van der Waals surface area contributed by atoms with E-state index in [9.17, 15) is 14.7 Å². The van der Waals surface area contributed by atoms with Crippen molar-refractivity contribution in [3.63, 3.8) is 0 Å². The number of nitrogens with zero attached hydrogens (tertiary/aromatic N) is 2. The van der Waals surface area contributed by atoms with Crippen LogP contribution < -0.4 is 5.32 Å². The van der Waals surface area contributed by atoms with Gasteiger partial charge in [0.05, 0.1) is 11.4 Å². The van der Waals surface area contributed by atoms with E-state index >= 15 is 0 Å². The molecule has 0 fully saturated rings. The number of thioether (sulfide) groups is 1. The van der Waals surface area contributed by atoms with Crippen LogP contribution >= 0.6 is 27.7 Å². The number of carbonyl (C=O) groups is 2. The second kappa shape index (κ2) is 9.57. The number of anilines is 1. The van der Waals surface area contributed by atoms with Crippen molar-refractivity contribution in [3.05, 3.63) is 76.5 Å². The first-order valence-electron chi connectivity index (χ1n) is 8.54. The van der Waals surface area contributed by atoms with Gasteiger partial charge < -0.3 is 10.4 Å². The molecule has 28 heavy (non-hydrogen) atoms. The van der Waals surface area contributed by atoms with Gasteiger partial charge in [-0.05, 0) is 36.2 Å². The molecule has 3 aromatic rings. The summed E-state index contributed by atoms with van der Waals surface area (Å²) in [6, 6.07) is 17.5. The van der Waals surface area contributed by atoms with Crippen molar-refractivity contribution in [3.8, 4) is 0 Å². The summed E-state index contributed by atoms with van der Waals surface area (Å²) in [5.41, 5.74) is 1.18. The normalized spacial score (nSPS) is 10.6. The van der Waals surface area contributed by atoms with E-state index in [1.807, 2.05) is 54.6 Å². The number of aromatic nitrogens is 2.